The van der Waals surface area contributed by atoms with Gasteiger partial charge in [0.15, 0.2) is 0 Å². The molecule has 1 aromatic heterocycles. The number of fused-ring (bicyclic) bond motifs is 1. The van der Waals surface area contributed by atoms with E-state index in [1.807, 2.05) is 7.05 Å². The van der Waals surface area contributed by atoms with Gasteiger partial charge in [0.05, 0.1) is 5.02 Å². The molecular weight excluding hydrogens is 340 g/mol. The maximum atomic E-state index is 6.66. The lowest BCUT2D eigenvalue weighted by Gasteiger charge is -2.33. The van der Waals surface area contributed by atoms with Crippen molar-refractivity contribution in [3.63, 3.8) is 0 Å². The van der Waals surface area contributed by atoms with E-state index in [1.165, 1.54) is 12.8 Å². The Kier molecular flexibility index (Phi) is 5.34. The van der Waals surface area contributed by atoms with Crippen LogP contribution in [-0.4, -0.2) is 22.6 Å². The van der Waals surface area contributed by atoms with Gasteiger partial charge in [-0.3, -0.25) is 0 Å². The minimum absolute atomic E-state index is 0.758. The zero-order valence-corrected chi connectivity index (χ0v) is 17.0. The third-order valence-corrected chi connectivity index (χ3v) is 6.05. The van der Waals surface area contributed by atoms with Crippen molar-refractivity contribution in [3.05, 3.63) is 59.8 Å². The lowest BCUT2D eigenvalue weighted by Crippen LogP contribution is -2.31. The number of aryl methyl sites for hydroxylation is 1. The molecule has 0 radical (unpaired) electrons. The van der Waals surface area contributed by atoms with Gasteiger partial charge in [-0.15, -0.1) is 0 Å². The number of hydrogen-bond acceptors (Lipinski definition) is 1. The lowest BCUT2D eigenvalue weighted by molar-refractivity contribution is 0.268. The van der Waals surface area contributed by atoms with E-state index >= 15 is 0 Å². The largest absolute Gasteiger partial charge is 0.371 e. The van der Waals surface area contributed by atoms with Crippen molar-refractivity contribution in [2.45, 2.75) is 33.1 Å². The minimum atomic E-state index is 0.758. The summed E-state index contributed by atoms with van der Waals surface area (Å²) in [4.78, 5) is 2.37. The Hall–Kier alpha value is -1.93. The molecule has 3 heteroatoms. The van der Waals surface area contributed by atoms with Crippen molar-refractivity contribution in [1.82, 2.24) is 9.47 Å². The van der Waals surface area contributed by atoms with Crippen molar-refractivity contribution >= 4 is 33.8 Å². The summed E-state index contributed by atoms with van der Waals surface area (Å²) in [6.07, 6.45) is 5.44. The predicted molar refractivity (Wildman–Crippen MR) is 115 cm³/mol. The predicted octanol–water partition coefficient (Wildman–Crippen LogP) is 6.51. The Bertz CT molecular complexity index is 879. The maximum Gasteiger partial charge on any atom is 0.0520 e. The smallest absolute Gasteiger partial charge is 0.0520 e. The van der Waals surface area contributed by atoms with Crippen LogP contribution in [0, 0.1) is 5.92 Å². The molecule has 138 valence electrons. The summed E-state index contributed by atoms with van der Waals surface area (Å²) in [5, 5.41) is 1.92. The average molecular weight is 369 g/mol. The number of likely N-dealkylation sites (tertiary alicyclic amines) is 1. The highest BCUT2D eigenvalue weighted by molar-refractivity contribution is 6.33. The Labute approximate surface area is 162 Å². The Morgan fingerprint density at radius 1 is 1.15 bits per heavy atom. The monoisotopic (exact) mass is 368 g/mol. The van der Waals surface area contributed by atoms with E-state index in [-0.39, 0.29) is 0 Å². The number of halogens is 1. The molecule has 3 rings (SSSR count). The molecule has 1 aromatic carbocycles. The van der Waals surface area contributed by atoms with Crippen molar-refractivity contribution in [2.75, 3.05) is 13.1 Å². The maximum absolute atomic E-state index is 6.66. The molecule has 26 heavy (non-hydrogen) atoms. The third kappa shape index (κ3) is 3.35. The molecule has 1 fully saturated rings. The fraction of sp³-hybridized carbons (Fsp3) is 0.391. The molecule has 0 bridgehead atoms. The number of benzene rings is 1. The third-order valence-electron chi connectivity index (χ3n) is 5.73. The number of allylic oxidation sites excluding steroid dienone is 2. The normalized spacial score (nSPS) is 15.5. The molecule has 1 aliphatic rings. The highest BCUT2D eigenvalue weighted by Gasteiger charge is 2.21. The van der Waals surface area contributed by atoms with Gasteiger partial charge >= 0.3 is 0 Å². The molecule has 0 saturated carbocycles. The summed E-state index contributed by atoms with van der Waals surface area (Å²) < 4.78 is 2.11. The van der Waals surface area contributed by atoms with Gasteiger partial charge in [0, 0.05) is 54.1 Å². The zero-order valence-electron chi connectivity index (χ0n) is 16.2. The average Bonchev–Trinajstić information content (AvgIpc) is 2.95. The molecule has 2 heterocycles. The van der Waals surface area contributed by atoms with Crippen LogP contribution in [0.5, 0.6) is 0 Å². The second-order valence-electron chi connectivity index (χ2n) is 7.55. The SMILES string of the molecule is C=C(CC)C(=C)c1cn(C)c2cc(Cl)c(C(=C)N3CCC(C)CC3)cc12. The zero-order chi connectivity index (χ0) is 19.0. The van der Waals surface area contributed by atoms with Crippen LogP contribution in [0.25, 0.3) is 22.2 Å². The molecule has 0 amide bonds. The van der Waals surface area contributed by atoms with Gasteiger partial charge in [-0.25, -0.2) is 0 Å². The van der Waals surface area contributed by atoms with Gasteiger partial charge < -0.3 is 9.47 Å². The molecular formula is C23H29ClN2. The summed E-state index contributed by atoms with van der Waals surface area (Å²) in [6, 6.07) is 4.23. The summed E-state index contributed by atoms with van der Waals surface area (Å²) in [5.41, 5.74) is 6.36. The van der Waals surface area contributed by atoms with E-state index in [0.29, 0.717) is 0 Å². The molecule has 2 aromatic rings. The first kappa shape index (κ1) is 18.8. The van der Waals surface area contributed by atoms with Gasteiger partial charge in [0.25, 0.3) is 0 Å². The molecule has 2 nitrogen and oxygen atoms in total. The van der Waals surface area contributed by atoms with Gasteiger partial charge in [-0.05, 0) is 48.5 Å². The molecule has 1 aliphatic heterocycles. The number of rotatable bonds is 5. The van der Waals surface area contributed by atoms with Crippen LogP contribution in [0.4, 0.5) is 0 Å². The molecule has 1 saturated heterocycles. The summed E-state index contributed by atoms with van der Waals surface area (Å²) in [6.45, 7) is 19.3. The Morgan fingerprint density at radius 3 is 2.42 bits per heavy atom. The first-order valence-electron chi connectivity index (χ1n) is 9.43. The molecule has 0 unspecified atom stereocenters. The van der Waals surface area contributed by atoms with Crippen LogP contribution in [0.15, 0.2) is 43.6 Å². The van der Waals surface area contributed by atoms with Crippen LogP contribution in [0.3, 0.4) is 0 Å². The number of hydrogen-bond donors (Lipinski definition) is 0. The molecule has 0 atom stereocenters. The molecule has 0 aliphatic carbocycles. The fourth-order valence-corrected chi connectivity index (χ4v) is 3.98. The summed E-state index contributed by atoms with van der Waals surface area (Å²) in [7, 11) is 2.05. The fourth-order valence-electron chi connectivity index (χ4n) is 3.72. The van der Waals surface area contributed by atoms with Crippen LogP contribution in [0.1, 0.15) is 44.2 Å². The van der Waals surface area contributed by atoms with E-state index in [1.54, 1.807) is 0 Å². The van der Waals surface area contributed by atoms with E-state index < -0.39 is 0 Å². The van der Waals surface area contributed by atoms with Gasteiger partial charge in [0.1, 0.15) is 0 Å². The summed E-state index contributed by atoms with van der Waals surface area (Å²) >= 11 is 6.66. The number of aromatic nitrogens is 1. The summed E-state index contributed by atoms with van der Waals surface area (Å²) in [5.74, 6) is 0.793. The van der Waals surface area contributed by atoms with Crippen LogP contribution < -0.4 is 0 Å². The lowest BCUT2D eigenvalue weighted by atomic mass is 9.96. The van der Waals surface area contributed by atoms with Crippen molar-refractivity contribution < 1.29 is 0 Å². The Balaban J connectivity index is 2.04. The highest BCUT2D eigenvalue weighted by Crippen LogP contribution is 2.37. The van der Waals surface area contributed by atoms with E-state index in [4.69, 9.17) is 11.6 Å². The quantitative estimate of drug-likeness (QED) is 0.546. The van der Waals surface area contributed by atoms with Gasteiger partial charge in [-0.1, -0.05) is 45.2 Å². The second-order valence-corrected chi connectivity index (χ2v) is 7.96. The van der Waals surface area contributed by atoms with Crippen LogP contribution >= 0.6 is 11.6 Å². The van der Waals surface area contributed by atoms with Crippen molar-refractivity contribution in [3.8, 4) is 0 Å². The molecule has 0 N–H and O–H groups in total. The van der Waals surface area contributed by atoms with Gasteiger partial charge in [-0.2, -0.15) is 0 Å². The standard InChI is InChI=1S/C23H29ClN2/c1-7-16(3)17(4)21-14-25(6)23-13-22(24)19(12-20(21)23)18(5)26-10-8-15(2)9-11-26/h12-15H,3-5,7-11H2,1-2,6H3. The highest BCUT2D eigenvalue weighted by atomic mass is 35.5. The first-order chi connectivity index (χ1) is 12.3. The topological polar surface area (TPSA) is 8.17 Å². The number of nitrogens with zero attached hydrogens (tertiary/aromatic N) is 2. The van der Waals surface area contributed by atoms with E-state index in [9.17, 15) is 0 Å². The van der Waals surface area contributed by atoms with Crippen LogP contribution in [-0.2, 0) is 7.05 Å². The van der Waals surface area contributed by atoms with Crippen molar-refractivity contribution in [2.24, 2.45) is 13.0 Å². The second kappa shape index (κ2) is 7.36. The van der Waals surface area contributed by atoms with Gasteiger partial charge in [0.2, 0.25) is 0 Å². The number of piperidine rings is 1. The Morgan fingerprint density at radius 2 is 1.81 bits per heavy atom. The van der Waals surface area contributed by atoms with Crippen molar-refractivity contribution in [1.29, 1.82) is 0 Å². The first-order valence-corrected chi connectivity index (χ1v) is 9.81. The van der Waals surface area contributed by atoms with Crippen LogP contribution in [0.2, 0.25) is 5.02 Å². The van der Waals surface area contributed by atoms with E-state index in [0.717, 1.165) is 69.3 Å². The minimum Gasteiger partial charge on any atom is -0.371 e. The molecule has 0 spiro atoms. The van der Waals surface area contributed by atoms with E-state index in [2.05, 4.69) is 61.4 Å².